The van der Waals surface area contributed by atoms with Gasteiger partial charge in [0.25, 0.3) is 0 Å². The van der Waals surface area contributed by atoms with E-state index < -0.39 is 6.04 Å². The SMILES string of the molecule is CC[C@@H](C)NC(=O)[C@@H](Cc1ccccc1)N(Cc1cccc(OC)c1)C(=O)Cc1cc(C)ccc1C. The number of hydrogen-bond donors (Lipinski definition) is 1. The van der Waals surface area contributed by atoms with Gasteiger partial charge in [-0.05, 0) is 61.6 Å². The van der Waals surface area contributed by atoms with Crippen LogP contribution >= 0.6 is 0 Å². The van der Waals surface area contributed by atoms with Crippen LogP contribution in [-0.4, -0.2) is 35.9 Å². The molecule has 2 atom stereocenters. The molecular weight excluding hydrogens is 448 g/mol. The van der Waals surface area contributed by atoms with Crippen LogP contribution in [0, 0.1) is 13.8 Å². The van der Waals surface area contributed by atoms with Crippen LogP contribution in [0.1, 0.15) is 48.1 Å². The van der Waals surface area contributed by atoms with E-state index in [9.17, 15) is 9.59 Å². The van der Waals surface area contributed by atoms with Crippen LogP contribution in [0.2, 0.25) is 0 Å². The number of rotatable bonds is 11. The average Bonchev–Trinajstić information content (AvgIpc) is 2.88. The van der Waals surface area contributed by atoms with Gasteiger partial charge in [0.1, 0.15) is 11.8 Å². The van der Waals surface area contributed by atoms with Gasteiger partial charge in [-0.1, -0.05) is 73.2 Å². The molecule has 0 aliphatic carbocycles. The first kappa shape index (κ1) is 27.0. The molecule has 2 amide bonds. The van der Waals surface area contributed by atoms with E-state index >= 15 is 0 Å². The number of carbonyl (C=O) groups is 2. The van der Waals surface area contributed by atoms with Gasteiger partial charge in [-0.25, -0.2) is 0 Å². The standard InChI is InChI=1S/C31H38N2O3/c1-6-24(4)32-31(35)29(19-25-11-8-7-9-12-25)33(21-26-13-10-14-28(18-26)36-5)30(34)20-27-17-22(2)15-16-23(27)3/h7-18,24,29H,6,19-21H2,1-5H3,(H,32,35)/t24-,29-/m1/s1. The third-order valence-corrected chi connectivity index (χ3v) is 6.61. The van der Waals surface area contributed by atoms with E-state index in [1.165, 1.54) is 0 Å². The Kier molecular flexibility index (Phi) is 9.69. The number of aryl methyl sites for hydroxylation is 2. The second-order valence-electron chi connectivity index (χ2n) is 9.50. The fraction of sp³-hybridized carbons (Fsp3) is 0.355. The van der Waals surface area contributed by atoms with Gasteiger partial charge >= 0.3 is 0 Å². The second kappa shape index (κ2) is 12.9. The van der Waals surface area contributed by atoms with Crippen molar-refractivity contribution in [1.82, 2.24) is 10.2 Å². The molecular formula is C31H38N2O3. The molecule has 5 heteroatoms. The normalized spacial score (nSPS) is 12.5. The molecule has 3 aromatic carbocycles. The summed E-state index contributed by atoms with van der Waals surface area (Å²) in [5.74, 6) is 0.509. The molecule has 0 saturated carbocycles. The van der Waals surface area contributed by atoms with Crippen LogP contribution in [0.3, 0.4) is 0 Å². The molecule has 0 spiro atoms. The highest BCUT2D eigenvalue weighted by Gasteiger charge is 2.31. The second-order valence-corrected chi connectivity index (χ2v) is 9.50. The zero-order valence-corrected chi connectivity index (χ0v) is 22.1. The summed E-state index contributed by atoms with van der Waals surface area (Å²) in [6.45, 7) is 8.38. The highest BCUT2D eigenvalue weighted by Crippen LogP contribution is 2.21. The van der Waals surface area contributed by atoms with Crippen LogP contribution in [0.15, 0.2) is 72.8 Å². The summed E-state index contributed by atoms with van der Waals surface area (Å²) >= 11 is 0. The van der Waals surface area contributed by atoms with E-state index in [1.807, 2.05) is 88.4 Å². The molecule has 1 N–H and O–H groups in total. The summed E-state index contributed by atoms with van der Waals surface area (Å²) in [7, 11) is 1.63. The van der Waals surface area contributed by atoms with Crippen molar-refractivity contribution in [2.24, 2.45) is 0 Å². The summed E-state index contributed by atoms with van der Waals surface area (Å²) < 4.78 is 5.41. The number of benzene rings is 3. The molecule has 0 aliphatic heterocycles. The summed E-state index contributed by atoms with van der Waals surface area (Å²) in [5.41, 5.74) is 5.09. The van der Waals surface area contributed by atoms with Gasteiger partial charge in [-0.15, -0.1) is 0 Å². The first-order chi connectivity index (χ1) is 17.3. The first-order valence-electron chi connectivity index (χ1n) is 12.6. The Bertz CT molecular complexity index is 1160. The van der Waals surface area contributed by atoms with Crippen LogP contribution in [0.5, 0.6) is 5.75 Å². The quantitative estimate of drug-likeness (QED) is 0.394. The monoisotopic (exact) mass is 486 g/mol. The highest BCUT2D eigenvalue weighted by atomic mass is 16.5. The van der Waals surface area contributed by atoms with E-state index in [2.05, 4.69) is 17.4 Å². The lowest BCUT2D eigenvalue weighted by molar-refractivity contribution is -0.141. The molecule has 0 fully saturated rings. The molecule has 0 aromatic heterocycles. The fourth-order valence-electron chi connectivity index (χ4n) is 4.22. The number of ether oxygens (including phenoxy) is 1. The third-order valence-electron chi connectivity index (χ3n) is 6.61. The molecule has 0 heterocycles. The largest absolute Gasteiger partial charge is 0.497 e. The Balaban J connectivity index is 2.01. The lowest BCUT2D eigenvalue weighted by atomic mass is 9.99. The predicted molar refractivity (Wildman–Crippen MR) is 145 cm³/mol. The van der Waals surface area contributed by atoms with E-state index in [-0.39, 0.29) is 24.3 Å². The zero-order valence-electron chi connectivity index (χ0n) is 22.1. The zero-order chi connectivity index (χ0) is 26.1. The van der Waals surface area contributed by atoms with Crippen molar-refractivity contribution < 1.29 is 14.3 Å². The minimum Gasteiger partial charge on any atom is -0.497 e. The third kappa shape index (κ3) is 7.45. The van der Waals surface area contributed by atoms with E-state index in [0.717, 1.165) is 40.0 Å². The maximum atomic E-state index is 13.9. The fourth-order valence-corrected chi connectivity index (χ4v) is 4.22. The Hall–Kier alpha value is -3.60. The number of methoxy groups -OCH3 is 1. The first-order valence-corrected chi connectivity index (χ1v) is 12.6. The molecule has 0 radical (unpaired) electrons. The van der Waals surface area contributed by atoms with Gasteiger partial charge in [0.05, 0.1) is 13.5 Å². The molecule has 190 valence electrons. The Morgan fingerprint density at radius 2 is 1.67 bits per heavy atom. The molecule has 0 unspecified atom stereocenters. The van der Waals surface area contributed by atoms with Crippen molar-refractivity contribution >= 4 is 11.8 Å². The van der Waals surface area contributed by atoms with E-state index in [1.54, 1.807) is 12.0 Å². The molecule has 0 bridgehead atoms. The number of amides is 2. The van der Waals surface area contributed by atoms with Crippen LogP contribution in [0.4, 0.5) is 0 Å². The van der Waals surface area contributed by atoms with E-state index in [4.69, 9.17) is 4.74 Å². The summed E-state index contributed by atoms with van der Waals surface area (Å²) in [6.07, 6.45) is 1.49. The number of nitrogens with one attached hydrogen (secondary N) is 1. The van der Waals surface area contributed by atoms with Gasteiger partial charge in [-0.2, -0.15) is 0 Å². The van der Waals surface area contributed by atoms with Crippen molar-refractivity contribution in [3.05, 3.63) is 101 Å². The maximum Gasteiger partial charge on any atom is 0.243 e. The minimum absolute atomic E-state index is 0.0172. The van der Waals surface area contributed by atoms with Crippen molar-refractivity contribution in [2.45, 2.75) is 65.6 Å². The lowest BCUT2D eigenvalue weighted by Crippen LogP contribution is -2.52. The number of carbonyl (C=O) groups excluding carboxylic acids is 2. The van der Waals surface area contributed by atoms with Crippen molar-refractivity contribution in [3.8, 4) is 5.75 Å². The van der Waals surface area contributed by atoms with Gasteiger partial charge in [0.15, 0.2) is 0 Å². The molecule has 5 nitrogen and oxygen atoms in total. The van der Waals surface area contributed by atoms with Crippen LogP contribution in [-0.2, 0) is 29.0 Å². The number of nitrogens with zero attached hydrogens (tertiary/aromatic N) is 1. The van der Waals surface area contributed by atoms with E-state index in [0.29, 0.717) is 13.0 Å². The molecule has 3 aromatic rings. The van der Waals surface area contributed by atoms with Crippen LogP contribution in [0.25, 0.3) is 0 Å². The van der Waals surface area contributed by atoms with Gasteiger partial charge in [-0.3, -0.25) is 9.59 Å². The average molecular weight is 487 g/mol. The smallest absolute Gasteiger partial charge is 0.243 e. The maximum absolute atomic E-state index is 13.9. The minimum atomic E-state index is -0.648. The topological polar surface area (TPSA) is 58.6 Å². The van der Waals surface area contributed by atoms with Gasteiger partial charge in [0, 0.05) is 19.0 Å². The van der Waals surface area contributed by atoms with Gasteiger partial charge < -0.3 is 15.0 Å². The van der Waals surface area contributed by atoms with Gasteiger partial charge in [0.2, 0.25) is 11.8 Å². The van der Waals surface area contributed by atoms with Crippen molar-refractivity contribution in [1.29, 1.82) is 0 Å². The Labute approximate surface area is 215 Å². The molecule has 0 saturated heterocycles. The lowest BCUT2D eigenvalue weighted by Gasteiger charge is -2.32. The number of hydrogen-bond acceptors (Lipinski definition) is 3. The molecule has 3 rings (SSSR count). The van der Waals surface area contributed by atoms with Crippen molar-refractivity contribution in [2.75, 3.05) is 7.11 Å². The Morgan fingerprint density at radius 1 is 0.944 bits per heavy atom. The van der Waals surface area contributed by atoms with Crippen LogP contribution < -0.4 is 10.1 Å². The summed E-state index contributed by atoms with van der Waals surface area (Å²) in [6, 6.07) is 23.1. The summed E-state index contributed by atoms with van der Waals surface area (Å²) in [5, 5.41) is 3.12. The highest BCUT2D eigenvalue weighted by molar-refractivity contribution is 5.89. The van der Waals surface area contributed by atoms with Crippen molar-refractivity contribution in [3.63, 3.8) is 0 Å². The molecule has 0 aliphatic rings. The Morgan fingerprint density at radius 3 is 2.36 bits per heavy atom. The summed E-state index contributed by atoms with van der Waals surface area (Å²) in [4.78, 5) is 29.3. The predicted octanol–water partition coefficient (Wildman–Crippen LogP) is 5.41. The molecule has 36 heavy (non-hydrogen) atoms.